The third kappa shape index (κ3) is 7.39. The number of rotatable bonds is 11. The fraction of sp³-hybridized carbons (Fsp3) is 0.474. The first-order valence-corrected chi connectivity index (χ1v) is 8.95. The van der Waals surface area contributed by atoms with Gasteiger partial charge in [0, 0.05) is 38.7 Å². The highest BCUT2D eigenvalue weighted by Gasteiger charge is 2.03. The smallest absolute Gasteiger partial charge is 0.189 e. The minimum atomic E-state index is 0.454. The molecule has 0 saturated heterocycles. The first kappa shape index (κ1) is 19.0. The standard InChI is InChI=1S/C19H29N5O/c1-2-25-15-7-11-22-19(20)23-16-18-21-12-14-24(18)13-6-10-17-8-4-3-5-9-17/h3-5,8-9,12,14H,2,6-7,10-11,13,15-16H2,1H3,(H3,20,22,23). The molecule has 0 fully saturated rings. The summed E-state index contributed by atoms with van der Waals surface area (Å²) < 4.78 is 7.43. The lowest BCUT2D eigenvalue weighted by atomic mass is 10.1. The first-order chi connectivity index (χ1) is 12.3. The van der Waals surface area contributed by atoms with Crippen molar-refractivity contribution in [1.29, 1.82) is 0 Å². The minimum absolute atomic E-state index is 0.454. The zero-order valence-electron chi connectivity index (χ0n) is 15.0. The summed E-state index contributed by atoms with van der Waals surface area (Å²) in [5, 5.41) is 3.10. The topological polar surface area (TPSA) is 77.5 Å². The minimum Gasteiger partial charge on any atom is -0.382 e. The van der Waals surface area contributed by atoms with Gasteiger partial charge in [0.05, 0.1) is 0 Å². The lowest BCUT2D eigenvalue weighted by molar-refractivity contribution is 0.145. The summed E-state index contributed by atoms with van der Waals surface area (Å²) in [4.78, 5) is 8.76. The molecule has 6 nitrogen and oxygen atoms in total. The molecule has 0 bridgehead atoms. The second-order valence-corrected chi connectivity index (χ2v) is 5.80. The Bertz CT molecular complexity index is 624. The molecule has 0 spiro atoms. The largest absolute Gasteiger partial charge is 0.382 e. The van der Waals surface area contributed by atoms with Gasteiger partial charge in [-0.05, 0) is 31.7 Å². The molecular weight excluding hydrogens is 314 g/mol. The van der Waals surface area contributed by atoms with Gasteiger partial charge in [0.25, 0.3) is 0 Å². The van der Waals surface area contributed by atoms with Crippen molar-refractivity contribution in [3.05, 3.63) is 54.1 Å². The van der Waals surface area contributed by atoms with Crippen LogP contribution in [0, 0.1) is 0 Å². The highest BCUT2D eigenvalue weighted by atomic mass is 16.5. The number of aryl methyl sites for hydroxylation is 2. The van der Waals surface area contributed by atoms with Crippen molar-refractivity contribution in [3.8, 4) is 0 Å². The van der Waals surface area contributed by atoms with E-state index in [2.05, 4.69) is 44.1 Å². The molecule has 25 heavy (non-hydrogen) atoms. The van der Waals surface area contributed by atoms with Gasteiger partial charge in [0.2, 0.25) is 0 Å². The second kappa shape index (κ2) is 11.3. The Morgan fingerprint density at radius 2 is 2.12 bits per heavy atom. The normalized spacial score (nSPS) is 11.6. The SMILES string of the molecule is CCOCCCNC(N)=NCc1nccn1CCCc1ccccc1. The Kier molecular flexibility index (Phi) is 8.55. The molecule has 0 radical (unpaired) electrons. The molecule has 3 N–H and O–H groups in total. The van der Waals surface area contributed by atoms with E-state index in [1.54, 1.807) is 0 Å². The average molecular weight is 343 g/mol. The maximum absolute atomic E-state index is 5.89. The molecule has 0 saturated carbocycles. The van der Waals surface area contributed by atoms with Crippen LogP contribution in [0.3, 0.4) is 0 Å². The Morgan fingerprint density at radius 3 is 2.92 bits per heavy atom. The zero-order chi connectivity index (χ0) is 17.7. The lowest BCUT2D eigenvalue weighted by Crippen LogP contribution is -2.33. The maximum atomic E-state index is 5.89. The molecule has 0 atom stereocenters. The number of nitrogens with one attached hydrogen (secondary N) is 1. The molecule has 0 aliphatic rings. The number of ether oxygens (including phenoxy) is 1. The Morgan fingerprint density at radius 1 is 1.28 bits per heavy atom. The third-order valence-electron chi connectivity index (χ3n) is 3.88. The average Bonchev–Trinajstić information content (AvgIpc) is 3.08. The Labute approximate surface area is 150 Å². The van der Waals surface area contributed by atoms with Crippen molar-refractivity contribution < 1.29 is 4.74 Å². The molecule has 1 heterocycles. The quantitative estimate of drug-likeness (QED) is 0.373. The van der Waals surface area contributed by atoms with E-state index >= 15 is 0 Å². The molecule has 2 rings (SSSR count). The van der Waals surface area contributed by atoms with Crippen LogP contribution in [-0.2, 0) is 24.2 Å². The van der Waals surface area contributed by atoms with E-state index in [0.717, 1.165) is 51.4 Å². The Hall–Kier alpha value is -2.34. The van der Waals surface area contributed by atoms with Crippen LogP contribution in [0.15, 0.2) is 47.7 Å². The van der Waals surface area contributed by atoms with Crippen molar-refractivity contribution in [2.45, 2.75) is 39.3 Å². The Balaban J connectivity index is 1.72. The summed E-state index contributed by atoms with van der Waals surface area (Å²) in [5.74, 6) is 1.39. The van der Waals surface area contributed by atoms with Gasteiger partial charge in [0.15, 0.2) is 5.96 Å². The molecule has 0 amide bonds. The molecule has 0 aliphatic carbocycles. The van der Waals surface area contributed by atoms with Crippen LogP contribution in [0.1, 0.15) is 31.2 Å². The second-order valence-electron chi connectivity index (χ2n) is 5.80. The zero-order valence-corrected chi connectivity index (χ0v) is 15.0. The van der Waals surface area contributed by atoms with Crippen LogP contribution < -0.4 is 11.1 Å². The van der Waals surface area contributed by atoms with Gasteiger partial charge < -0.3 is 20.4 Å². The summed E-state index contributed by atoms with van der Waals surface area (Å²) >= 11 is 0. The van der Waals surface area contributed by atoms with Gasteiger partial charge in [-0.25, -0.2) is 9.98 Å². The van der Waals surface area contributed by atoms with Gasteiger partial charge in [-0.15, -0.1) is 0 Å². The summed E-state index contributed by atoms with van der Waals surface area (Å²) in [5.41, 5.74) is 7.26. The summed E-state index contributed by atoms with van der Waals surface area (Å²) in [6, 6.07) is 10.5. The third-order valence-corrected chi connectivity index (χ3v) is 3.88. The number of hydrogen-bond acceptors (Lipinski definition) is 3. The number of aromatic nitrogens is 2. The lowest BCUT2D eigenvalue weighted by Gasteiger charge is -2.08. The molecule has 0 aliphatic heterocycles. The molecular formula is C19H29N5O. The summed E-state index contributed by atoms with van der Waals surface area (Å²) in [7, 11) is 0. The number of benzene rings is 1. The van der Waals surface area contributed by atoms with Crippen LogP contribution in [0.2, 0.25) is 0 Å². The van der Waals surface area contributed by atoms with Gasteiger partial charge in [-0.1, -0.05) is 30.3 Å². The highest BCUT2D eigenvalue weighted by molar-refractivity contribution is 5.77. The van der Waals surface area contributed by atoms with Gasteiger partial charge in [-0.3, -0.25) is 0 Å². The number of guanidine groups is 1. The van der Waals surface area contributed by atoms with Crippen molar-refractivity contribution >= 4 is 5.96 Å². The van der Waals surface area contributed by atoms with Crippen LogP contribution in [0.4, 0.5) is 0 Å². The van der Waals surface area contributed by atoms with E-state index in [4.69, 9.17) is 10.5 Å². The van der Waals surface area contributed by atoms with Gasteiger partial charge in [-0.2, -0.15) is 0 Å². The number of hydrogen-bond donors (Lipinski definition) is 2. The number of nitrogens with zero attached hydrogens (tertiary/aromatic N) is 3. The van der Waals surface area contributed by atoms with Crippen LogP contribution in [0.25, 0.3) is 0 Å². The van der Waals surface area contributed by atoms with Crippen LogP contribution in [0.5, 0.6) is 0 Å². The molecule has 136 valence electrons. The maximum Gasteiger partial charge on any atom is 0.189 e. The van der Waals surface area contributed by atoms with Crippen molar-refractivity contribution in [1.82, 2.24) is 14.9 Å². The predicted molar refractivity (Wildman–Crippen MR) is 101 cm³/mol. The van der Waals surface area contributed by atoms with Crippen LogP contribution >= 0.6 is 0 Å². The number of nitrogens with two attached hydrogens (primary N) is 1. The fourth-order valence-electron chi connectivity index (χ4n) is 2.54. The van der Waals surface area contributed by atoms with E-state index in [-0.39, 0.29) is 0 Å². The number of imidazole rings is 1. The molecule has 2 aromatic rings. The van der Waals surface area contributed by atoms with Gasteiger partial charge in [0.1, 0.15) is 12.4 Å². The van der Waals surface area contributed by atoms with E-state index < -0.39 is 0 Å². The van der Waals surface area contributed by atoms with Crippen LogP contribution in [-0.4, -0.2) is 35.3 Å². The summed E-state index contributed by atoms with van der Waals surface area (Å²) in [6.45, 7) is 5.66. The summed E-state index contributed by atoms with van der Waals surface area (Å²) in [6.07, 6.45) is 6.87. The molecule has 6 heteroatoms. The first-order valence-electron chi connectivity index (χ1n) is 8.95. The van der Waals surface area contributed by atoms with Crippen molar-refractivity contribution in [2.24, 2.45) is 10.7 Å². The van der Waals surface area contributed by atoms with E-state index in [1.807, 2.05) is 25.4 Å². The van der Waals surface area contributed by atoms with Crippen molar-refractivity contribution in [3.63, 3.8) is 0 Å². The van der Waals surface area contributed by atoms with E-state index in [9.17, 15) is 0 Å². The fourth-order valence-corrected chi connectivity index (χ4v) is 2.54. The van der Waals surface area contributed by atoms with E-state index in [0.29, 0.717) is 12.5 Å². The van der Waals surface area contributed by atoms with Crippen molar-refractivity contribution in [2.75, 3.05) is 19.8 Å². The molecule has 1 aromatic heterocycles. The van der Waals surface area contributed by atoms with E-state index in [1.165, 1.54) is 5.56 Å². The number of aliphatic imine (C=N–C) groups is 1. The predicted octanol–water partition coefficient (Wildman–Crippen LogP) is 2.35. The highest BCUT2D eigenvalue weighted by Crippen LogP contribution is 2.06. The molecule has 1 aromatic carbocycles. The monoisotopic (exact) mass is 343 g/mol. The van der Waals surface area contributed by atoms with Gasteiger partial charge >= 0.3 is 0 Å². The molecule has 0 unspecified atom stereocenters.